The Balaban J connectivity index is 1.91. The van der Waals surface area contributed by atoms with Crippen molar-refractivity contribution in [1.29, 1.82) is 0 Å². The molecule has 2 rings (SSSR count). The summed E-state index contributed by atoms with van der Waals surface area (Å²) in [6, 6.07) is 12.8. The number of aliphatic hydroxyl groups excluding tert-OH is 1. The molecule has 0 aliphatic carbocycles. The molecule has 1 aromatic carbocycles. The number of anilines is 1. The quantitative estimate of drug-likeness (QED) is 0.823. The van der Waals surface area contributed by atoms with Crippen molar-refractivity contribution in [2.45, 2.75) is 26.5 Å². The lowest BCUT2D eigenvalue weighted by atomic mass is 10.1. The van der Waals surface area contributed by atoms with Crippen LogP contribution in [0.1, 0.15) is 31.1 Å². The van der Waals surface area contributed by atoms with Crippen molar-refractivity contribution >= 4 is 11.7 Å². The lowest BCUT2D eigenvalue weighted by molar-refractivity contribution is -0.129. The van der Waals surface area contributed by atoms with Crippen LogP contribution in [-0.2, 0) is 11.3 Å². The molecule has 122 valence electrons. The Labute approximate surface area is 137 Å². The first-order valence-electron chi connectivity index (χ1n) is 7.86. The van der Waals surface area contributed by atoms with Crippen LogP contribution in [0.25, 0.3) is 0 Å². The maximum atomic E-state index is 12.0. The third kappa shape index (κ3) is 4.53. The van der Waals surface area contributed by atoms with Crippen LogP contribution < -0.4 is 10.2 Å². The fourth-order valence-electron chi connectivity index (χ4n) is 2.33. The van der Waals surface area contributed by atoms with E-state index in [4.69, 9.17) is 0 Å². The Morgan fingerprint density at radius 3 is 2.43 bits per heavy atom. The van der Waals surface area contributed by atoms with Crippen LogP contribution in [0, 0.1) is 0 Å². The van der Waals surface area contributed by atoms with Crippen molar-refractivity contribution in [1.82, 2.24) is 10.3 Å². The summed E-state index contributed by atoms with van der Waals surface area (Å²) in [6.45, 7) is 6.33. The molecule has 1 amide bonds. The second-order valence-corrected chi connectivity index (χ2v) is 5.23. The number of pyridine rings is 1. The van der Waals surface area contributed by atoms with Gasteiger partial charge in [-0.05, 0) is 31.0 Å². The Kier molecular flexibility index (Phi) is 6.11. The van der Waals surface area contributed by atoms with Crippen molar-refractivity contribution in [3.05, 3.63) is 59.8 Å². The first-order valence-corrected chi connectivity index (χ1v) is 7.86. The highest BCUT2D eigenvalue weighted by Gasteiger charge is 2.16. The van der Waals surface area contributed by atoms with Crippen LogP contribution >= 0.6 is 0 Å². The van der Waals surface area contributed by atoms with E-state index in [0.29, 0.717) is 12.1 Å². The first kappa shape index (κ1) is 17.0. The molecule has 2 N–H and O–H groups in total. The highest BCUT2D eigenvalue weighted by molar-refractivity contribution is 5.81. The second-order valence-electron chi connectivity index (χ2n) is 5.23. The van der Waals surface area contributed by atoms with Gasteiger partial charge in [0.05, 0.1) is 0 Å². The lowest BCUT2D eigenvalue weighted by Crippen LogP contribution is -2.29. The van der Waals surface area contributed by atoms with Gasteiger partial charge in [0.25, 0.3) is 5.91 Å². The number of rotatable bonds is 7. The summed E-state index contributed by atoms with van der Waals surface area (Å²) in [6.07, 6.45) is 0.599. The van der Waals surface area contributed by atoms with Crippen molar-refractivity contribution in [3.8, 4) is 0 Å². The molecule has 1 atom stereocenters. The minimum absolute atomic E-state index is 0.342. The molecule has 0 aliphatic rings. The summed E-state index contributed by atoms with van der Waals surface area (Å²) >= 11 is 0. The fourth-order valence-corrected chi connectivity index (χ4v) is 2.33. The molecule has 0 aliphatic heterocycles. The Hall–Kier alpha value is -2.40. The molecule has 23 heavy (non-hydrogen) atoms. The Morgan fingerprint density at radius 2 is 1.87 bits per heavy atom. The molecule has 0 saturated carbocycles. The summed E-state index contributed by atoms with van der Waals surface area (Å²) in [5, 5.41) is 12.7. The third-order valence-electron chi connectivity index (χ3n) is 3.73. The number of hydrogen-bond acceptors (Lipinski definition) is 4. The van der Waals surface area contributed by atoms with Gasteiger partial charge in [0.2, 0.25) is 0 Å². The first-order chi connectivity index (χ1) is 11.2. The maximum Gasteiger partial charge on any atom is 0.253 e. The Bertz CT molecular complexity index is 610. The molecular formula is C18H23N3O2. The van der Waals surface area contributed by atoms with Crippen LogP contribution in [0.15, 0.2) is 48.7 Å². The van der Waals surface area contributed by atoms with E-state index < -0.39 is 12.0 Å². The molecule has 2 aromatic rings. The van der Waals surface area contributed by atoms with Gasteiger partial charge >= 0.3 is 0 Å². The zero-order valence-corrected chi connectivity index (χ0v) is 13.6. The van der Waals surface area contributed by atoms with Gasteiger partial charge in [0.15, 0.2) is 6.10 Å². The molecule has 0 radical (unpaired) electrons. The summed E-state index contributed by atoms with van der Waals surface area (Å²) in [7, 11) is 0. The normalized spacial score (nSPS) is 11.8. The van der Waals surface area contributed by atoms with Gasteiger partial charge in [-0.2, -0.15) is 0 Å². The van der Waals surface area contributed by atoms with Crippen LogP contribution in [0.4, 0.5) is 5.82 Å². The monoisotopic (exact) mass is 313 g/mol. The molecule has 0 fully saturated rings. The van der Waals surface area contributed by atoms with Gasteiger partial charge in [-0.1, -0.05) is 36.4 Å². The lowest BCUT2D eigenvalue weighted by Gasteiger charge is -2.19. The van der Waals surface area contributed by atoms with E-state index in [0.717, 1.165) is 24.5 Å². The van der Waals surface area contributed by atoms with Gasteiger partial charge in [-0.3, -0.25) is 4.79 Å². The average Bonchev–Trinajstić information content (AvgIpc) is 2.62. The van der Waals surface area contributed by atoms with Gasteiger partial charge in [0, 0.05) is 25.8 Å². The molecule has 1 heterocycles. The highest BCUT2D eigenvalue weighted by atomic mass is 16.3. The predicted octanol–water partition coefficient (Wildman–Crippen LogP) is 2.28. The van der Waals surface area contributed by atoms with E-state index in [1.807, 2.05) is 18.2 Å². The summed E-state index contributed by atoms with van der Waals surface area (Å²) in [4.78, 5) is 18.6. The minimum atomic E-state index is -1.15. The van der Waals surface area contributed by atoms with Gasteiger partial charge in [-0.25, -0.2) is 4.98 Å². The smallest absolute Gasteiger partial charge is 0.253 e. The largest absolute Gasteiger partial charge is 0.378 e. The molecule has 5 heteroatoms. The van der Waals surface area contributed by atoms with Crippen molar-refractivity contribution in [2.75, 3.05) is 18.0 Å². The van der Waals surface area contributed by atoms with E-state index in [-0.39, 0.29) is 0 Å². The summed E-state index contributed by atoms with van der Waals surface area (Å²) in [5.41, 5.74) is 1.48. The van der Waals surface area contributed by atoms with Crippen LogP contribution in [0.2, 0.25) is 0 Å². The van der Waals surface area contributed by atoms with Crippen molar-refractivity contribution in [2.24, 2.45) is 0 Å². The summed E-state index contributed by atoms with van der Waals surface area (Å²) in [5.74, 6) is 0.512. The van der Waals surface area contributed by atoms with Gasteiger partial charge in [-0.15, -0.1) is 0 Å². The van der Waals surface area contributed by atoms with Crippen LogP contribution in [0.5, 0.6) is 0 Å². The number of benzene rings is 1. The van der Waals surface area contributed by atoms with E-state index in [9.17, 15) is 9.90 Å². The minimum Gasteiger partial charge on any atom is -0.378 e. The number of carbonyl (C=O) groups excluding carboxylic acids is 1. The maximum absolute atomic E-state index is 12.0. The third-order valence-corrected chi connectivity index (χ3v) is 3.73. The molecule has 1 unspecified atom stereocenters. The fraction of sp³-hybridized carbons (Fsp3) is 0.333. The standard InChI is InChI=1S/C18H23N3O2/c1-3-21(4-2)16-11-10-14(12-19-16)13-20-18(23)17(22)15-8-6-5-7-9-15/h5-12,17,22H,3-4,13H2,1-2H3,(H,20,23). The van der Waals surface area contributed by atoms with Crippen molar-refractivity contribution in [3.63, 3.8) is 0 Å². The number of aliphatic hydroxyl groups is 1. The zero-order valence-electron chi connectivity index (χ0n) is 13.6. The number of nitrogens with one attached hydrogen (secondary N) is 1. The highest BCUT2D eigenvalue weighted by Crippen LogP contribution is 2.13. The van der Waals surface area contributed by atoms with E-state index in [2.05, 4.69) is 29.0 Å². The van der Waals surface area contributed by atoms with Gasteiger partial charge in [0.1, 0.15) is 5.82 Å². The van der Waals surface area contributed by atoms with Crippen LogP contribution in [-0.4, -0.2) is 29.1 Å². The number of hydrogen-bond donors (Lipinski definition) is 2. The van der Waals surface area contributed by atoms with Crippen molar-refractivity contribution < 1.29 is 9.90 Å². The number of aromatic nitrogens is 1. The molecule has 0 bridgehead atoms. The zero-order chi connectivity index (χ0) is 16.7. The predicted molar refractivity (Wildman–Crippen MR) is 91.0 cm³/mol. The van der Waals surface area contributed by atoms with E-state index >= 15 is 0 Å². The topological polar surface area (TPSA) is 65.5 Å². The van der Waals surface area contributed by atoms with Crippen LogP contribution in [0.3, 0.4) is 0 Å². The molecular weight excluding hydrogens is 290 g/mol. The average molecular weight is 313 g/mol. The number of nitrogens with zero attached hydrogens (tertiary/aromatic N) is 2. The second kappa shape index (κ2) is 8.29. The van der Waals surface area contributed by atoms with Gasteiger partial charge < -0.3 is 15.3 Å². The van der Waals surface area contributed by atoms with E-state index in [1.165, 1.54) is 0 Å². The SMILES string of the molecule is CCN(CC)c1ccc(CNC(=O)C(O)c2ccccc2)cn1. The molecule has 5 nitrogen and oxygen atoms in total. The Morgan fingerprint density at radius 1 is 1.17 bits per heavy atom. The molecule has 0 saturated heterocycles. The summed E-state index contributed by atoms with van der Waals surface area (Å²) < 4.78 is 0. The number of amides is 1. The number of carbonyl (C=O) groups is 1. The molecule has 1 aromatic heterocycles. The molecule has 0 spiro atoms. The van der Waals surface area contributed by atoms with E-state index in [1.54, 1.807) is 30.5 Å².